The predicted molar refractivity (Wildman–Crippen MR) is 63.8 cm³/mol. The van der Waals surface area contributed by atoms with E-state index in [-0.39, 0.29) is 5.97 Å². The molecule has 2 heteroatoms. The van der Waals surface area contributed by atoms with Crippen LogP contribution in [0.25, 0.3) is 0 Å². The van der Waals surface area contributed by atoms with Gasteiger partial charge in [-0.05, 0) is 26.2 Å². The summed E-state index contributed by atoms with van der Waals surface area (Å²) in [5.74, 6) is -0.142. The van der Waals surface area contributed by atoms with E-state index in [1.54, 1.807) is 0 Å². The molecule has 0 rings (SSSR count). The van der Waals surface area contributed by atoms with Gasteiger partial charge in [0.25, 0.3) is 0 Å². The van der Waals surface area contributed by atoms with Crippen LogP contribution in [-0.2, 0) is 9.53 Å². The van der Waals surface area contributed by atoms with Crippen LogP contribution in [0.2, 0.25) is 0 Å². The van der Waals surface area contributed by atoms with Gasteiger partial charge in [-0.2, -0.15) is 0 Å². The van der Waals surface area contributed by atoms with Crippen LogP contribution in [0.4, 0.5) is 0 Å². The smallest absolute Gasteiger partial charge is 0.333 e. The standard InChI is InChI=1S/C13H24O2/c1-5-7-8-10-12(13(14)15-4)11(3)9-6-2/h5-10H2,1-4H3. The van der Waals surface area contributed by atoms with Crippen molar-refractivity contribution in [3.8, 4) is 0 Å². The van der Waals surface area contributed by atoms with Gasteiger partial charge in [-0.25, -0.2) is 4.79 Å². The first-order valence-electron chi connectivity index (χ1n) is 5.94. The van der Waals surface area contributed by atoms with Crippen molar-refractivity contribution in [2.75, 3.05) is 7.11 Å². The van der Waals surface area contributed by atoms with E-state index in [2.05, 4.69) is 13.8 Å². The molecule has 0 saturated heterocycles. The summed E-state index contributed by atoms with van der Waals surface area (Å²) < 4.78 is 4.81. The van der Waals surface area contributed by atoms with Gasteiger partial charge in [0.15, 0.2) is 0 Å². The van der Waals surface area contributed by atoms with Gasteiger partial charge in [-0.1, -0.05) is 38.7 Å². The third kappa shape index (κ3) is 5.60. The number of unbranched alkanes of at least 4 members (excludes halogenated alkanes) is 2. The zero-order chi connectivity index (χ0) is 11.7. The average Bonchev–Trinajstić information content (AvgIpc) is 2.23. The summed E-state index contributed by atoms with van der Waals surface area (Å²) in [6.45, 7) is 6.34. The van der Waals surface area contributed by atoms with Crippen LogP contribution < -0.4 is 0 Å². The van der Waals surface area contributed by atoms with E-state index in [1.165, 1.54) is 25.5 Å². The van der Waals surface area contributed by atoms with Gasteiger partial charge in [0.1, 0.15) is 0 Å². The van der Waals surface area contributed by atoms with Gasteiger partial charge in [-0.15, -0.1) is 0 Å². The van der Waals surface area contributed by atoms with Crippen molar-refractivity contribution in [3.05, 3.63) is 11.1 Å². The Bertz CT molecular complexity index is 217. The second-order valence-electron chi connectivity index (χ2n) is 3.96. The molecule has 0 radical (unpaired) electrons. The van der Waals surface area contributed by atoms with E-state index >= 15 is 0 Å². The fourth-order valence-corrected chi connectivity index (χ4v) is 1.69. The van der Waals surface area contributed by atoms with Crippen molar-refractivity contribution < 1.29 is 9.53 Å². The first kappa shape index (κ1) is 14.2. The number of carbonyl (C=O) groups is 1. The molecule has 0 heterocycles. The first-order valence-corrected chi connectivity index (χ1v) is 5.94. The Hall–Kier alpha value is -0.790. The number of hydrogen-bond acceptors (Lipinski definition) is 2. The number of esters is 1. The van der Waals surface area contributed by atoms with E-state index in [9.17, 15) is 4.79 Å². The molecule has 0 unspecified atom stereocenters. The number of rotatable bonds is 7. The highest BCUT2D eigenvalue weighted by Crippen LogP contribution is 2.18. The molecule has 0 amide bonds. The van der Waals surface area contributed by atoms with Crippen LogP contribution in [0, 0.1) is 0 Å². The molecule has 0 aromatic heterocycles. The fraction of sp³-hybridized carbons (Fsp3) is 0.769. The highest BCUT2D eigenvalue weighted by atomic mass is 16.5. The maximum Gasteiger partial charge on any atom is 0.333 e. The molecule has 15 heavy (non-hydrogen) atoms. The number of allylic oxidation sites excluding steroid dienone is 1. The van der Waals surface area contributed by atoms with E-state index in [0.717, 1.165) is 31.3 Å². The second kappa shape index (κ2) is 8.51. The minimum Gasteiger partial charge on any atom is -0.466 e. The molecule has 0 aromatic carbocycles. The lowest BCUT2D eigenvalue weighted by Crippen LogP contribution is -2.07. The highest BCUT2D eigenvalue weighted by molar-refractivity contribution is 5.89. The molecule has 0 aliphatic heterocycles. The molecular formula is C13H24O2. The van der Waals surface area contributed by atoms with Crippen LogP contribution in [0.5, 0.6) is 0 Å². The lowest BCUT2D eigenvalue weighted by atomic mass is 10.00. The lowest BCUT2D eigenvalue weighted by molar-refractivity contribution is -0.136. The summed E-state index contributed by atoms with van der Waals surface area (Å²) in [4.78, 5) is 11.5. The fourth-order valence-electron chi connectivity index (χ4n) is 1.69. The Morgan fingerprint density at radius 1 is 1.07 bits per heavy atom. The quantitative estimate of drug-likeness (QED) is 0.364. The van der Waals surface area contributed by atoms with Gasteiger partial charge in [-0.3, -0.25) is 0 Å². The van der Waals surface area contributed by atoms with Crippen LogP contribution in [0.15, 0.2) is 11.1 Å². The lowest BCUT2D eigenvalue weighted by Gasteiger charge is -2.09. The molecule has 0 aliphatic carbocycles. The van der Waals surface area contributed by atoms with Gasteiger partial charge in [0.05, 0.1) is 7.11 Å². The zero-order valence-corrected chi connectivity index (χ0v) is 10.6. The number of methoxy groups -OCH3 is 1. The summed E-state index contributed by atoms with van der Waals surface area (Å²) in [6, 6.07) is 0. The second-order valence-corrected chi connectivity index (χ2v) is 3.96. The molecule has 0 N–H and O–H groups in total. The molecule has 0 spiro atoms. The molecule has 0 fully saturated rings. The molecule has 0 atom stereocenters. The van der Waals surface area contributed by atoms with Crippen molar-refractivity contribution >= 4 is 5.97 Å². The summed E-state index contributed by atoms with van der Waals surface area (Å²) in [7, 11) is 1.46. The Labute approximate surface area is 93.7 Å². The molecule has 0 bridgehead atoms. The predicted octanol–water partition coefficient (Wildman–Crippen LogP) is 3.86. The third-order valence-corrected chi connectivity index (χ3v) is 2.60. The number of ether oxygens (including phenoxy) is 1. The van der Waals surface area contributed by atoms with Crippen molar-refractivity contribution in [3.63, 3.8) is 0 Å². The first-order chi connectivity index (χ1) is 7.17. The Balaban J connectivity index is 4.43. The SMILES string of the molecule is CCCCCC(C(=O)OC)=C(C)CCC. The normalized spacial score (nSPS) is 12.3. The monoisotopic (exact) mass is 212 g/mol. The molecule has 0 saturated carbocycles. The summed E-state index contributed by atoms with van der Waals surface area (Å²) in [5, 5.41) is 0. The van der Waals surface area contributed by atoms with Crippen molar-refractivity contribution in [1.29, 1.82) is 0 Å². The van der Waals surface area contributed by atoms with Gasteiger partial charge < -0.3 is 4.74 Å². The van der Waals surface area contributed by atoms with Crippen LogP contribution in [0.3, 0.4) is 0 Å². The van der Waals surface area contributed by atoms with Crippen molar-refractivity contribution in [2.45, 2.75) is 59.3 Å². The van der Waals surface area contributed by atoms with Crippen molar-refractivity contribution in [1.82, 2.24) is 0 Å². The Morgan fingerprint density at radius 2 is 1.73 bits per heavy atom. The van der Waals surface area contributed by atoms with Crippen LogP contribution in [-0.4, -0.2) is 13.1 Å². The van der Waals surface area contributed by atoms with E-state index in [1.807, 2.05) is 6.92 Å². The minimum atomic E-state index is -0.142. The Morgan fingerprint density at radius 3 is 2.20 bits per heavy atom. The highest BCUT2D eigenvalue weighted by Gasteiger charge is 2.12. The zero-order valence-electron chi connectivity index (χ0n) is 10.6. The summed E-state index contributed by atoms with van der Waals surface area (Å²) >= 11 is 0. The summed E-state index contributed by atoms with van der Waals surface area (Å²) in [6.07, 6.45) is 6.40. The third-order valence-electron chi connectivity index (χ3n) is 2.60. The minimum absolute atomic E-state index is 0.142. The molecule has 0 aliphatic rings. The van der Waals surface area contributed by atoms with Crippen LogP contribution >= 0.6 is 0 Å². The van der Waals surface area contributed by atoms with Gasteiger partial charge in [0, 0.05) is 5.57 Å². The molecular weight excluding hydrogens is 188 g/mol. The Kier molecular flexibility index (Phi) is 8.06. The van der Waals surface area contributed by atoms with Crippen molar-refractivity contribution in [2.24, 2.45) is 0 Å². The molecule has 0 aromatic rings. The van der Waals surface area contributed by atoms with E-state index < -0.39 is 0 Å². The van der Waals surface area contributed by atoms with Gasteiger partial charge >= 0.3 is 5.97 Å². The van der Waals surface area contributed by atoms with E-state index in [0.29, 0.717) is 0 Å². The molecule has 2 nitrogen and oxygen atoms in total. The van der Waals surface area contributed by atoms with Crippen LogP contribution in [0.1, 0.15) is 59.3 Å². The number of carbonyl (C=O) groups excluding carboxylic acids is 1. The average molecular weight is 212 g/mol. The topological polar surface area (TPSA) is 26.3 Å². The maximum absolute atomic E-state index is 11.5. The maximum atomic E-state index is 11.5. The summed E-state index contributed by atoms with van der Waals surface area (Å²) in [5.41, 5.74) is 2.09. The van der Waals surface area contributed by atoms with E-state index in [4.69, 9.17) is 4.74 Å². The largest absolute Gasteiger partial charge is 0.466 e. The van der Waals surface area contributed by atoms with Gasteiger partial charge in [0.2, 0.25) is 0 Å². The molecule has 88 valence electrons. The number of hydrogen-bond donors (Lipinski definition) is 0.